The standard InChI is InChI=1S/C25H32N4O5/c1-4-29(18-10-12-19(32-2)13-11-18)25-20-15-23(22(33-3)16-21(20)26-17-27-25)34-14-8-6-5-7-9-24(30)28-31/h10-13,15-17,31H,4-9,14H2,1-3H3,(H,28,30). The van der Waals surface area contributed by atoms with Crippen molar-refractivity contribution < 1.29 is 24.2 Å². The first-order chi connectivity index (χ1) is 16.6. The highest BCUT2D eigenvalue weighted by molar-refractivity contribution is 5.93. The van der Waals surface area contributed by atoms with E-state index in [1.54, 1.807) is 26.0 Å². The zero-order valence-corrected chi connectivity index (χ0v) is 19.9. The summed E-state index contributed by atoms with van der Waals surface area (Å²) in [5.74, 6) is 2.48. The molecule has 0 atom stereocenters. The molecule has 34 heavy (non-hydrogen) atoms. The van der Waals surface area contributed by atoms with E-state index in [2.05, 4.69) is 21.8 Å². The molecule has 3 aromatic rings. The molecule has 0 bridgehead atoms. The molecular weight excluding hydrogens is 436 g/mol. The van der Waals surface area contributed by atoms with Gasteiger partial charge in [0.1, 0.15) is 17.9 Å². The summed E-state index contributed by atoms with van der Waals surface area (Å²) >= 11 is 0. The second-order valence-electron chi connectivity index (χ2n) is 7.71. The summed E-state index contributed by atoms with van der Waals surface area (Å²) < 4.78 is 16.9. The van der Waals surface area contributed by atoms with Gasteiger partial charge >= 0.3 is 0 Å². The molecule has 0 aliphatic rings. The number of carbonyl (C=O) groups excluding carboxylic acids is 1. The van der Waals surface area contributed by atoms with Crippen LogP contribution in [0.25, 0.3) is 10.9 Å². The molecule has 0 saturated carbocycles. The van der Waals surface area contributed by atoms with Gasteiger partial charge in [-0.2, -0.15) is 0 Å². The van der Waals surface area contributed by atoms with Crippen LogP contribution in [0.2, 0.25) is 0 Å². The van der Waals surface area contributed by atoms with Crippen molar-refractivity contribution in [3.63, 3.8) is 0 Å². The Morgan fingerprint density at radius 2 is 1.76 bits per heavy atom. The Balaban J connectivity index is 1.76. The van der Waals surface area contributed by atoms with E-state index in [4.69, 9.17) is 19.4 Å². The predicted octanol–water partition coefficient (Wildman–Crippen LogP) is 4.64. The summed E-state index contributed by atoms with van der Waals surface area (Å²) in [6.45, 7) is 3.31. The predicted molar refractivity (Wildman–Crippen MR) is 130 cm³/mol. The molecule has 1 heterocycles. The van der Waals surface area contributed by atoms with Crippen molar-refractivity contribution in [2.75, 3.05) is 32.3 Å². The summed E-state index contributed by atoms with van der Waals surface area (Å²) in [5, 5.41) is 9.40. The molecule has 0 aliphatic carbocycles. The van der Waals surface area contributed by atoms with E-state index in [-0.39, 0.29) is 5.91 Å². The number of hydrogen-bond acceptors (Lipinski definition) is 8. The summed E-state index contributed by atoms with van der Waals surface area (Å²) in [7, 11) is 3.26. The van der Waals surface area contributed by atoms with Crippen molar-refractivity contribution in [1.82, 2.24) is 15.4 Å². The number of rotatable bonds is 13. The van der Waals surface area contributed by atoms with Gasteiger partial charge in [0, 0.05) is 30.1 Å². The van der Waals surface area contributed by atoms with Gasteiger partial charge in [-0.15, -0.1) is 0 Å². The minimum atomic E-state index is -0.356. The van der Waals surface area contributed by atoms with E-state index in [0.29, 0.717) is 24.5 Å². The Bertz CT molecular complexity index is 1070. The van der Waals surface area contributed by atoms with E-state index in [9.17, 15) is 4.79 Å². The van der Waals surface area contributed by atoms with Crippen LogP contribution < -0.4 is 24.6 Å². The molecule has 0 spiro atoms. The average Bonchev–Trinajstić information content (AvgIpc) is 2.88. The van der Waals surface area contributed by atoms with Crippen molar-refractivity contribution in [3.8, 4) is 17.2 Å². The van der Waals surface area contributed by atoms with Crippen molar-refractivity contribution in [1.29, 1.82) is 0 Å². The third-order valence-corrected chi connectivity index (χ3v) is 5.54. The maximum atomic E-state index is 11.1. The third-order valence-electron chi connectivity index (χ3n) is 5.54. The molecule has 1 amide bonds. The van der Waals surface area contributed by atoms with Gasteiger partial charge in [-0.25, -0.2) is 15.4 Å². The Hall–Kier alpha value is -3.59. The van der Waals surface area contributed by atoms with Crippen LogP contribution in [0.3, 0.4) is 0 Å². The van der Waals surface area contributed by atoms with Gasteiger partial charge in [0.25, 0.3) is 0 Å². The summed E-state index contributed by atoms with van der Waals surface area (Å²) in [4.78, 5) is 22.2. The van der Waals surface area contributed by atoms with E-state index in [1.165, 1.54) is 0 Å². The number of fused-ring (bicyclic) bond motifs is 1. The number of ether oxygens (including phenoxy) is 3. The molecule has 0 aliphatic heterocycles. The Kier molecular flexibility index (Phi) is 9.28. The lowest BCUT2D eigenvalue weighted by Crippen LogP contribution is -2.18. The van der Waals surface area contributed by atoms with Crippen LogP contribution in [0.5, 0.6) is 17.2 Å². The topological polar surface area (TPSA) is 106 Å². The van der Waals surface area contributed by atoms with Gasteiger partial charge in [0.05, 0.1) is 26.3 Å². The lowest BCUT2D eigenvalue weighted by atomic mass is 10.1. The van der Waals surface area contributed by atoms with Crippen molar-refractivity contribution in [2.24, 2.45) is 0 Å². The zero-order chi connectivity index (χ0) is 24.3. The average molecular weight is 469 g/mol. The van der Waals surface area contributed by atoms with Crippen molar-refractivity contribution >= 4 is 28.3 Å². The molecule has 9 nitrogen and oxygen atoms in total. The van der Waals surface area contributed by atoms with Crippen LogP contribution in [-0.4, -0.2) is 48.5 Å². The molecule has 3 rings (SSSR count). The maximum absolute atomic E-state index is 11.1. The van der Waals surface area contributed by atoms with Crippen molar-refractivity contribution in [2.45, 2.75) is 39.0 Å². The molecule has 0 saturated heterocycles. The molecule has 2 N–H and O–H groups in total. The largest absolute Gasteiger partial charge is 0.497 e. The minimum Gasteiger partial charge on any atom is -0.497 e. The van der Waals surface area contributed by atoms with Gasteiger partial charge < -0.3 is 19.1 Å². The monoisotopic (exact) mass is 468 g/mol. The summed E-state index contributed by atoms with van der Waals surface area (Å²) in [6, 6.07) is 11.7. The van der Waals surface area contributed by atoms with E-state index in [0.717, 1.165) is 60.4 Å². The summed E-state index contributed by atoms with van der Waals surface area (Å²) in [6.07, 6.45) is 5.25. The molecule has 9 heteroatoms. The summed E-state index contributed by atoms with van der Waals surface area (Å²) in [5.41, 5.74) is 3.41. The molecule has 0 unspecified atom stereocenters. The second-order valence-corrected chi connectivity index (χ2v) is 7.71. The van der Waals surface area contributed by atoms with Crippen LogP contribution in [-0.2, 0) is 4.79 Å². The maximum Gasteiger partial charge on any atom is 0.243 e. The number of aromatic nitrogens is 2. The lowest BCUT2D eigenvalue weighted by Gasteiger charge is -2.24. The number of methoxy groups -OCH3 is 2. The van der Waals surface area contributed by atoms with Gasteiger partial charge in [-0.1, -0.05) is 12.8 Å². The van der Waals surface area contributed by atoms with Crippen LogP contribution in [0.1, 0.15) is 39.0 Å². The van der Waals surface area contributed by atoms with Crippen molar-refractivity contribution in [3.05, 3.63) is 42.7 Å². The number of carbonyl (C=O) groups is 1. The molecule has 1 aromatic heterocycles. The normalized spacial score (nSPS) is 10.7. The Morgan fingerprint density at radius 3 is 2.44 bits per heavy atom. The van der Waals surface area contributed by atoms with E-state index >= 15 is 0 Å². The first-order valence-corrected chi connectivity index (χ1v) is 11.4. The number of hydrogen-bond donors (Lipinski definition) is 2. The first-order valence-electron chi connectivity index (χ1n) is 11.4. The van der Waals surface area contributed by atoms with E-state index < -0.39 is 0 Å². The molecule has 2 aromatic carbocycles. The number of unbranched alkanes of at least 4 members (excludes halogenated alkanes) is 3. The third kappa shape index (κ3) is 6.26. The zero-order valence-electron chi connectivity index (χ0n) is 19.9. The van der Waals surface area contributed by atoms with Crippen LogP contribution in [0, 0.1) is 0 Å². The first kappa shape index (κ1) is 25.0. The molecule has 0 fully saturated rings. The van der Waals surface area contributed by atoms with Gasteiger partial charge in [0.2, 0.25) is 5.91 Å². The van der Waals surface area contributed by atoms with Gasteiger partial charge in [0.15, 0.2) is 11.5 Å². The number of nitrogens with zero attached hydrogens (tertiary/aromatic N) is 3. The number of nitrogens with one attached hydrogen (secondary N) is 1. The second kappa shape index (κ2) is 12.6. The number of amides is 1. The van der Waals surface area contributed by atoms with Crippen LogP contribution >= 0.6 is 0 Å². The number of benzene rings is 2. The SMILES string of the molecule is CCN(c1ccc(OC)cc1)c1ncnc2cc(OC)c(OCCCCCCC(=O)NO)cc12. The Labute approximate surface area is 199 Å². The fraction of sp³-hybridized carbons (Fsp3) is 0.400. The highest BCUT2D eigenvalue weighted by Crippen LogP contribution is 2.37. The highest BCUT2D eigenvalue weighted by atomic mass is 16.5. The molecule has 0 radical (unpaired) electrons. The Morgan fingerprint density at radius 1 is 1.00 bits per heavy atom. The smallest absolute Gasteiger partial charge is 0.243 e. The molecule has 182 valence electrons. The lowest BCUT2D eigenvalue weighted by molar-refractivity contribution is -0.129. The quantitative estimate of drug-likeness (QED) is 0.212. The molecular formula is C25H32N4O5. The minimum absolute atomic E-state index is 0.320. The van der Waals surface area contributed by atoms with E-state index in [1.807, 2.05) is 36.4 Å². The highest BCUT2D eigenvalue weighted by Gasteiger charge is 2.17. The van der Waals surface area contributed by atoms with Gasteiger partial charge in [-0.3, -0.25) is 10.0 Å². The fourth-order valence-electron chi connectivity index (χ4n) is 3.73. The van der Waals surface area contributed by atoms with Gasteiger partial charge in [-0.05, 0) is 50.1 Å². The fourth-order valence-corrected chi connectivity index (χ4v) is 3.73. The van der Waals surface area contributed by atoms with Crippen LogP contribution in [0.15, 0.2) is 42.7 Å². The number of anilines is 2. The van der Waals surface area contributed by atoms with Crippen LogP contribution in [0.4, 0.5) is 11.5 Å². The number of hydroxylamine groups is 1.